The summed E-state index contributed by atoms with van der Waals surface area (Å²) in [6, 6.07) is 0. The predicted octanol–water partition coefficient (Wildman–Crippen LogP) is 0.0704. The third-order valence-corrected chi connectivity index (χ3v) is 1.13. The van der Waals surface area contributed by atoms with Crippen LogP contribution in [0.2, 0.25) is 0 Å². The van der Waals surface area contributed by atoms with Crippen LogP contribution in [0, 0.1) is 0 Å². The van der Waals surface area contributed by atoms with Gasteiger partial charge in [0.1, 0.15) is 0 Å². The average molecular weight is 369 g/mol. The van der Waals surface area contributed by atoms with E-state index in [0.717, 1.165) is 0 Å². The number of rotatable bonds is 3. The van der Waals surface area contributed by atoms with Crippen LogP contribution >= 0.6 is 69.6 Å². The molecule has 0 fully saturated rings. The summed E-state index contributed by atoms with van der Waals surface area (Å²) in [5.74, 6) is 0. The zero-order valence-corrected chi connectivity index (χ0v) is 13.6. The molecule has 0 heterocycles. The molecule has 0 atom stereocenters. The first-order chi connectivity index (χ1) is 6.81. The van der Waals surface area contributed by atoms with Crippen LogP contribution in [0.5, 0.6) is 0 Å². The Hall–Kier alpha value is 2.15. The second kappa shape index (κ2) is 22.3. The van der Waals surface area contributed by atoms with Crippen molar-refractivity contribution in [3.63, 3.8) is 0 Å². The number of hydrogen-bond acceptors (Lipinski definition) is 3. The average Bonchev–Trinajstić information content (AvgIpc) is 2.19. The van der Waals surface area contributed by atoms with Gasteiger partial charge in [-0.1, -0.05) is 0 Å². The van der Waals surface area contributed by atoms with E-state index in [1.54, 1.807) is 0 Å². The van der Waals surface area contributed by atoms with Gasteiger partial charge in [0.15, 0.2) is 0 Å². The van der Waals surface area contributed by atoms with Crippen LogP contribution in [0.15, 0.2) is 0 Å². The first-order valence-electron chi connectivity index (χ1n) is 3.40. The van der Waals surface area contributed by atoms with Crippen LogP contribution in [0.4, 0.5) is 0 Å². The van der Waals surface area contributed by atoms with E-state index in [1.165, 1.54) is 0 Å². The summed E-state index contributed by atoms with van der Waals surface area (Å²) >= 11 is 29.5. The molecule has 0 spiro atoms. The normalized spacial score (nSPS) is 9.00. The van der Waals surface area contributed by atoms with Crippen molar-refractivity contribution in [2.45, 2.75) is 14.5 Å². The minimum absolute atomic E-state index is 0. The molecule has 16 heavy (non-hydrogen) atoms. The fraction of sp³-hybridized carbons (Fsp3) is 1.00. The van der Waals surface area contributed by atoms with E-state index in [-0.39, 0.29) is 17.4 Å². The number of halogens is 6. The van der Waals surface area contributed by atoms with Gasteiger partial charge < -0.3 is 15.3 Å². The van der Waals surface area contributed by atoms with Crippen molar-refractivity contribution in [3.8, 4) is 0 Å². The molecule has 0 saturated heterocycles. The zero-order valence-electron chi connectivity index (χ0n) is 7.92. The first kappa shape index (κ1) is 26.7. The number of alkyl halides is 6. The van der Waals surface area contributed by atoms with Gasteiger partial charge in [-0.15, -0.1) is 89.4 Å². The van der Waals surface area contributed by atoms with Crippen molar-refractivity contribution in [1.82, 2.24) is 0 Å². The Labute approximate surface area is 136 Å². The van der Waals surface area contributed by atoms with Gasteiger partial charge in [-0.25, -0.2) is 0 Å². The van der Waals surface area contributed by atoms with Crippen LogP contribution in [-0.2, 0) is 0 Å². The summed E-state index contributed by atoms with van der Waals surface area (Å²) in [6.45, 7) is -1.24. The van der Waals surface area contributed by atoms with Gasteiger partial charge in [0.05, 0.1) is 14.5 Å². The van der Waals surface area contributed by atoms with Crippen molar-refractivity contribution in [2.75, 3.05) is 19.8 Å². The van der Waals surface area contributed by atoms with Crippen molar-refractivity contribution >= 4 is 87.0 Å². The quantitative estimate of drug-likeness (QED) is 0.523. The molecule has 3 nitrogen and oxygen atoms in total. The Morgan fingerprint density at radius 3 is 0.625 bits per heavy atom. The third-order valence-electron chi connectivity index (χ3n) is 0.378. The van der Waals surface area contributed by atoms with E-state index in [9.17, 15) is 15.3 Å². The van der Waals surface area contributed by atoms with Gasteiger partial charge in [-0.3, -0.25) is 0 Å². The molecule has 0 radical (unpaired) electrons. The standard InChI is InChI=1S/3C2H3Cl2O.Al/c3*3-2(4)1-5;/h3*2H,1H2;/q3*-1;+3. The largest absolute Gasteiger partial charge is 3.00 e. The van der Waals surface area contributed by atoms with Gasteiger partial charge in [0.25, 0.3) is 0 Å². The van der Waals surface area contributed by atoms with Gasteiger partial charge in [0.2, 0.25) is 0 Å². The van der Waals surface area contributed by atoms with Crippen LogP contribution < -0.4 is 15.3 Å². The summed E-state index contributed by atoms with van der Waals surface area (Å²) < 4.78 is 0. The molecular weight excluding hydrogens is 360 g/mol. The van der Waals surface area contributed by atoms with E-state index in [1.807, 2.05) is 0 Å². The molecule has 0 N–H and O–H groups in total. The molecule has 0 rings (SSSR count). The molecule has 0 saturated carbocycles. The predicted molar refractivity (Wildman–Crippen MR) is 66.8 cm³/mol. The molecule has 0 aromatic rings. The van der Waals surface area contributed by atoms with E-state index >= 15 is 0 Å². The fourth-order valence-corrected chi connectivity index (χ4v) is 0. The van der Waals surface area contributed by atoms with Crippen LogP contribution in [-0.4, -0.2) is 51.7 Å². The molecule has 0 aliphatic rings. The Balaban J connectivity index is -0.0000000655. The molecule has 0 aromatic heterocycles. The molecule has 0 aromatic carbocycles. The van der Waals surface area contributed by atoms with Crippen molar-refractivity contribution in [2.24, 2.45) is 0 Å². The van der Waals surface area contributed by atoms with Crippen molar-refractivity contribution in [1.29, 1.82) is 0 Å². The van der Waals surface area contributed by atoms with Crippen molar-refractivity contribution in [3.05, 3.63) is 0 Å². The Morgan fingerprint density at radius 2 is 0.625 bits per heavy atom. The summed E-state index contributed by atoms with van der Waals surface area (Å²) in [5, 5.41) is 28.1. The summed E-state index contributed by atoms with van der Waals surface area (Å²) in [6.07, 6.45) is 0. The maximum Gasteiger partial charge on any atom is 3.00 e. The summed E-state index contributed by atoms with van der Waals surface area (Å²) in [4.78, 5) is -2.18. The molecule has 10 heteroatoms. The maximum atomic E-state index is 9.37. The van der Waals surface area contributed by atoms with Gasteiger partial charge in [-0.2, -0.15) is 0 Å². The minimum atomic E-state index is -0.727. The Bertz CT molecular complexity index is 89.2. The van der Waals surface area contributed by atoms with E-state index in [2.05, 4.69) is 0 Å². The molecule has 0 aliphatic carbocycles. The van der Waals surface area contributed by atoms with Gasteiger partial charge >= 0.3 is 17.4 Å². The van der Waals surface area contributed by atoms with Gasteiger partial charge in [0, 0.05) is 0 Å². The zero-order chi connectivity index (χ0) is 12.9. The number of hydrogen-bond donors (Lipinski definition) is 0. The van der Waals surface area contributed by atoms with E-state index in [0.29, 0.717) is 0 Å². The smallest absolute Gasteiger partial charge is 0.853 e. The molecule has 0 amide bonds. The molecular formula is C6H9AlCl6O3. The minimum Gasteiger partial charge on any atom is -0.853 e. The van der Waals surface area contributed by atoms with Gasteiger partial charge in [-0.05, 0) is 0 Å². The molecule has 0 unspecified atom stereocenters. The maximum absolute atomic E-state index is 9.37. The fourth-order valence-electron chi connectivity index (χ4n) is 0. The molecule has 0 bridgehead atoms. The first-order valence-corrected chi connectivity index (χ1v) is 6.02. The van der Waals surface area contributed by atoms with Crippen LogP contribution in [0.1, 0.15) is 0 Å². The van der Waals surface area contributed by atoms with E-state index in [4.69, 9.17) is 69.6 Å². The molecule has 0 aliphatic heterocycles. The Kier molecular flexibility index (Phi) is 37.2. The topological polar surface area (TPSA) is 69.2 Å². The SMILES string of the molecule is [Al+3].[O-]CC(Cl)Cl.[O-]CC(Cl)Cl.[O-]CC(Cl)Cl. The monoisotopic (exact) mass is 366 g/mol. The van der Waals surface area contributed by atoms with Crippen LogP contribution in [0.3, 0.4) is 0 Å². The van der Waals surface area contributed by atoms with Crippen molar-refractivity contribution < 1.29 is 15.3 Å². The second-order valence-electron chi connectivity index (χ2n) is 1.67. The summed E-state index contributed by atoms with van der Waals surface area (Å²) in [7, 11) is 0. The third kappa shape index (κ3) is 55.8. The van der Waals surface area contributed by atoms with Crippen LogP contribution in [0.25, 0.3) is 0 Å². The molecule has 96 valence electrons. The van der Waals surface area contributed by atoms with E-state index < -0.39 is 34.3 Å². The Morgan fingerprint density at radius 1 is 0.562 bits per heavy atom. The second-order valence-corrected chi connectivity index (χ2v) is 5.50. The summed E-state index contributed by atoms with van der Waals surface area (Å²) in [5.41, 5.74) is 0.